The number of aromatic amines is 1. The third kappa shape index (κ3) is 1.95. The number of aldehydes is 1. The normalized spacial score (nSPS) is 16.9. The van der Waals surface area contributed by atoms with Gasteiger partial charge in [-0.05, 0) is 30.9 Å². The first-order chi connectivity index (χ1) is 9.22. The van der Waals surface area contributed by atoms with Crippen LogP contribution in [0.5, 0.6) is 0 Å². The van der Waals surface area contributed by atoms with Crippen LogP contribution in [-0.2, 0) is 0 Å². The van der Waals surface area contributed by atoms with Gasteiger partial charge in [0.15, 0.2) is 6.29 Å². The van der Waals surface area contributed by atoms with Crippen LogP contribution in [-0.4, -0.2) is 11.3 Å². The van der Waals surface area contributed by atoms with Crippen molar-refractivity contribution >= 4 is 17.2 Å². The Bertz CT molecular complexity index is 627. The quantitative estimate of drug-likeness (QED) is 0.805. The molecule has 0 radical (unpaired) electrons. The minimum atomic E-state index is -0.545. The van der Waals surface area contributed by atoms with Crippen molar-refractivity contribution in [2.24, 2.45) is 0 Å². The van der Waals surface area contributed by atoms with Crippen molar-refractivity contribution in [3.63, 3.8) is 0 Å². The fraction of sp³-hybridized carbons (Fsp3) is 0.400. The van der Waals surface area contributed by atoms with E-state index in [1.807, 2.05) is 0 Å². The van der Waals surface area contributed by atoms with E-state index in [0.29, 0.717) is 17.5 Å². The van der Waals surface area contributed by atoms with E-state index in [2.05, 4.69) is 4.98 Å². The predicted octanol–water partition coefficient (Wildman–Crippen LogP) is 4.31. The molecule has 1 aliphatic carbocycles. The number of hydrogen-bond acceptors (Lipinski definition) is 1. The monoisotopic (exact) mass is 263 g/mol. The lowest BCUT2D eigenvalue weighted by Gasteiger charge is -2.21. The highest BCUT2D eigenvalue weighted by Crippen LogP contribution is 2.37. The lowest BCUT2D eigenvalue weighted by atomic mass is 9.85. The second-order valence-corrected chi connectivity index (χ2v) is 5.18. The topological polar surface area (TPSA) is 32.9 Å². The molecule has 0 amide bonds. The summed E-state index contributed by atoms with van der Waals surface area (Å²) < 4.78 is 27.6. The maximum absolute atomic E-state index is 13.8. The zero-order valence-corrected chi connectivity index (χ0v) is 10.5. The van der Waals surface area contributed by atoms with Gasteiger partial charge in [-0.1, -0.05) is 19.3 Å². The van der Waals surface area contributed by atoms with E-state index in [1.54, 1.807) is 0 Å². The van der Waals surface area contributed by atoms with Crippen LogP contribution in [0.2, 0.25) is 0 Å². The molecule has 1 saturated carbocycles. The average molecular weight is 263 g/mol. The fourth-order valence-corrected chi connectivity index (χ4v) is 3.11. The zero-order valence-electron chi connectivity index (χ0n) is 10.5. The summed E-state index contributed by atoms with van der Waals surface area (Å²) in [7, 11) is 0. The number of H-pyrrole nitrogens is 1. The van der Waals surface area contributed by atoms with Crippen LogP contribution >= 0.6 is 0 Å². The number of carbonyl (C=O) groups is 1. The number of hydrogen-bond donors (Lipinski definition) is 1. The summed E-state index contributed by atoms with van der Waals surface area (Å²) in [5.74, 6) is -0.849. The van der Waals surface area contributed by atoms with Gasteiger partial charge in [0.25, 0.3) is 0 Å². The van der Waals surface area contributed by atoms with Crippen molar-refractivity contribution in [2.75, 3.05) is 0 Å². The van der Waals surface area contributed by atoms with E-state index in [9.17, 15) is 13.6 Å². The molecular weight excluding hydrogens is 248 g/mol. The van der Waals surface area contributed by atoms with E-state index >= 15 is 0 Å². The molecule has 0 spiro atoms. The standard InChI is InChI=1S/C15H15F2NO/c16-11-6-7-12(17)15-13(11)10(8-19)14(18-15)9-4-2-1-3-5-9/h6-9,18H,1-5H2. The first-order valence-corrected chi connectivity index (χ1v) is 6.67. The molecule has 0 unspecified atom stereocenters. The number of benzene rings is 1. The van der Waals surface area contributed by atoms with E-state index in [1.165, 1.54) is 6.42 Å². The van der Waals surface area contributed by atoms with Crippen molar-refractivity contribution in [3.8, 4) is 0 Å². The number of rotatable bonds is 2. The first-order valence-electron chi connectivity index (χ1n) is 6.67. The Morgan fingerprint density at radius 3 is 2.47 bits per heavy atom. The van der Waals surface area contributed by atoms with Crippen LogP contribution in [0.4, 0.5) is 8.78 Å². The second-order valence-electron chi connectivity index (χ2n) is 5.18. The van der Waals surface area contributed by atoms with Gasteiger partial charge in [-0.15, -0.1) is 0 Å². The lowest BCUT2D eigenvalue weighted by Crippen LogP contribution is -2.07. The SMILES string of the molecule is O=Cc1c(C2CCCCC2)[nH]c2c(F)ccc(F)c12. The smallest absolute Gasteiger partial charge is 0.152 e. The van der Waals surface area contributed by atoms with Gasteiger partial charge in [-0.2, -0.15) is 0 Å². The molecule has 1 fully saturated rings. The highest BCUT2D eigenvalue weighted by atomic mass is 19.1. The van der Waals surface area contributed by atoms with Gasteiger partial charge in [0.1, 0.15) is 11.6 Å². The number of aromatic nitrogens is 1. The van der Waals surface area contributed by atoms with Gasteiger partial charge in [0.05, 0.1) is 5.52 Å². The molecule has 1 aliphatic rings. The summed E-state index contributed by atoms with van der Waals surface area (Å²) in [6.45, 7) is 0. The van der Waals surface area contributed by atoms with Crippen LogP contribution in [0.3, 0.4) is 0 Å². The minimum Gasteiger partial charge on any atom is -0.355 e. The molecule has 0 aliphatic heterocycles. The van der Waals surface area contributed by atoms with Gasteiger partial charge >= 0.3 is 0 Å². The summed E-state index contributed by atoms with van der Waals surface area (Å²) >= 11 is 0. The Morgan fingerprint density at radius 2 is 1.79 bits per heavy atom. The fourth-order valence-electron chi connectivity index (χ4n) is 3.11. The molecule has 1 aromatic carbocycles. The summed E-state index contributed by atoms with van der Waals surface area (Å²) in [6, 6.07) is 2.16. The van der Waals surface area contributed by atoms with Crippen LogP contribution < -0.4 is 0 Å². The molecular formula is C15H15F2NO. The highest BCUT2D eigenvalue weighted by molar-refractivity contribution is 5.99. The third-order valence-electron chi connectivity index (χ3n) is 4.05. The summed E-state index contributed by atoms with van der Waals surface area (Å²) in [5.41, 5.74) is 1.11. The Kier molecular flexibility index (Phi) is 3.09. The van der Waals surface area contributed by atoms with Crippen molar-refractivity contribution < 1.29 is 13.6 Å². The maximum Gasteiger partial charge on any atom is 0.152 e. The zero-order chi connectivity index (χ0) is 13.4. The number of carbonyl (C=O) groups excluding carboxylic acids is 1. The lowest BCUT2D eigenvalue weighted by molar-refractivity contribution is 0.112. The number of halogens is 2. The Morgan fingerprint density at radius 1 is 1.11 bits per heavy atom. The van der Waals surface area contributed by atoms with Gasteiger partial charge in [0.2, 0.25) is 0 Å². The van der Waals surface area contributed by atoms with E-state index < -0.39 is 11.6 Å². The van der Waals surface area contributed by atoms with Gasteiger partial charge in [-0.3, -0.25) is 4.79 Å². The van der Waals surface area contributed by atoms with Crippen LogP contribution in [0.25, 0.3) is 10.9 Å². The Labute approximate surface area is 109 Å². The molecule has 3 rings (SSSR count). The van der Waals surface area contributed by atoms with Crippen molar-refractivity contribution in [1.82, 2.24) is 4.98 Å². The second kappa shape index (κ2) is 4.76. The highest BCUT2D eigenvalue weighted by Gasteiger charge is 2.24. The molecule has 0 saturated heterocycles. The van der Waals surface area contributed by atoms with Crippen molar-refractivity contribution in [2.45, 2.75) is 38.0 Å². The molecule has 1 N–H and O–H groups in total. The van der Waals surface area contributed by atoms with Gasteiger partial charge in [-0.25, -0.2) is 8.78 Å². The molecule has 0 bridgehead atoms. The van der Waals surface area contributed by atoms with Crippen LogP contribution in [0.15, 0.2) is 12.1 Å². The number of fused-ring (bicyclic) bond motifs is 1. The summed E-state index contributed by atoms with van der Waals surface area (Å²) in [5, 5.41) is 0.0931. The molecule has 19 heavy (non-hydrogen) atoms. The molecule has 4 heteroatoms. The molecule has 100 valence electrons. The van der Waals surface area contributed by atoms with Gasteiger partial charge in [0, 0.05) is 16.6 Å². The molecule has 2 nitrogen and oxygen atoms in total. The Balaban J connectivity index is 2.21. The molecule has 1 heterocycles. The van der Waals surface area contributed by atoms with E-state index in [-0.39, 0.29) is 16.8 Å². The van der Waals surface area contributed by atoms with E-state index in [0.717, 1.165) is 37.8 Å². The summed E-state index contributed by atoms with van der Waals surface area (Å²) in [6.07, 6.45) is 5.97. The molecule has 0 atom stereocenters. The van der Waals surface area contributed by atoms with Crippen molar-refractivity contribution in [3.05, 3.63) is 35.0 Å². The van der Waals surface area contributed by atoms with Crippen molar-refractivity contribution in [1.29, 1.82) is 0 Å². The number of nitrogens with one attached hydrogen (secondary N) is 1. The van der Waals surface area contributed by atoms with E-state index in [4.69, 9.17) is 0 Å². The maximum atomic E-state index is 13.8. The van der Waals surface area contributed by atoms with Gasteiger partial charge < -0.3 is 4.98 Å². The predicted molar refractivity (Wildman–Crippen MR) is 69.4 cm³/mol. The average Bonchev–Trinajstić information content (AvgIpc) is 2.84. The first kappa shape index (κ1) is 12.3. The van der Waals surface area contributed by atoms with Crippen LogP contribution in [0, 0.1) is 11.6 Å². The molecule has 2 aromatic rings. The minimum absolute atomic E-state index is 0.0931. The van der Waals surface area contributed by atoms with Crippen LogP contribution in [0.1, 0.15) is 54.1 Å². The summed E-state index contributed by atoms with van der Waals surface area (Å²) in [4.78, 5) is 14.2. The third-order valence-corrected chi connectivity index (χ3v) is 4.05. The largest absolute Gasteiger partial charge is 0.355 e. The Hall–Kier alpha value is -1.71. The molecule has 1 aromatic heterocycles.